The second kappa shape index (κ2) is 5.99. The number of carbonyl (C=O) groups is 1. The Bertz CT molecular complexity index is 696. The Morgan fingerprint density at radius 2 is 1.80 bits per heavy atom. The maximum absolute atomic E-state index is 11.4. The van der Waals surface area contributed by atoms with E-state index in [2.05, 4.69) is 0 Å². The van der Waals surface area contributed by atoms with Crippen molar-refractivity contribution in [3.8, 4) is 0 Å². The van der Waals surface area contributed by atoms with Crippen LogP contribution in [-0.4, -0.2) is 11.1 Å². The van der Waals surface area contributed by atoms with Crippen molar-refractivity contribution in [2.45, 2.75) is 0 Å². The third-order valence-electron chi connectivity index (χ3n) is 2.71. The maximum atomic E-state index is 11.4. The van der Waals surface area contributed by atoms with Crippen molar-refractivity contribution in [2.24, 2.45) is 0 Å². The number of hydrogen-bond donors (Lipinski definition) is 2. The molecular formula is C15H11Cl2NO2. The summed E-state index contributed by atoms with van der Waals surface area (Å²) >= 11 is 11.8. The van der Waals surface area contributed by atoms with Crippen LogP contribution in [0.4, 0.5) is 5.69 Å². The number of nitrogens with two attached hydrogens (primary N) is 1. The first-order valence-electron chi connectivity index (χ1n) is 5.73. The van der Waals surface area contributed by atoms with Gasteiger partial charge in [-0.05, 0) is 47.5 Å². The molecule has 0 bridgehead atoms. The van der Waals surface area contributed by atoms with E-state index in [1.165, 1.54) is 6.08 Å². The zero-order valence-corrected chi connectivity index (χ0v) is 11.8. The largest absolute Gasteiger partial charge is 0.478 e. The van der Waals surface area contributed by atoms with Crippen molar-refractivity contribution in [1.29, 1.82) is 0 Å². The summed E-state index contributed by atoms with van der Waals surface area (Å²) in [6.45, 7) is 0. The van der Waals surface area contributed by atoms with Gasteiger partial charge in [0, 0.05) is 15.7 Å². The first kappa shape index (κ1) is 14.4. The molecule has 0 unspecified atom stereocenters. The summed E-state index contributed by atoms with van der Waals surface area (Å²) < 4.78 is 0. The van der Waals surface area contributed by atoms with Crippen LogP contribution < -0.4 is 5.73 Å². The molecule has 2 aromatic carbocycles. The molecule has 3 nitrogen and oxygen atoms in total. The Balaban J connectivity index is 2.56. The molecule has 0 fully saturated rings. The zero-order valence-electron chi connectivity index (χ0n) is 10.3. The molecule has 0 aliphatic rings. The first-order valence-corrected chi connectivity index (χ1v) is 6.49. The summed E-state index contributed by atoms with van der Waals surface area (Å²) in [4.78, 5) is 11.4. The van der Waals surface area contributed by atoms with Gasteiger partial charge in [0.1, 0.15) is 0 Å². The molecule has 0 atom stereocenters. The minimum Gasteiger partial charge on any atom is -0.478 e. The van der Waals surface area contributed by atoms with Crippen molar-refractivity contribution < 1.29 is 9.90 Å². The van der Waals surface area contributed by atoms with Crippen molar-refractivity contribution in [3.63, 3.8) is 0 Å². The Kier molecular flexibility index (Phi) is 4.32. The summed E-state index contributed by atoms with van der Waals surface area (Å²) in [5.41, 5.74) is 7.43. The number of hydrogen-bond acceptors (Lipinski definition) is 2. The van der Waals surface area contributed by atoms with Crippen LogP contribution in [0.15, 0.2) is 42.5 Å². The van der Waals surface area contributed by atoms with Crippen LogP contribution in [-0.2, 0) is 4.79 Å². The molecule has 5 heteroatoms. The number of aliphatic carboxylic acids is 1. The van der Waals surface area contributed by atoms with Crippen LogP contribution >= 0.6 is 23.2 Å². The summed E-state index contributed by atoms with van der Waals surface area (Å²) in [6.07, 6.45) is 1.48. The molecule has 0 spiro atoms. The number of halogens is 2. The molecular weight excluding hydrogens is 297 g/mol. The number of benzene rings is 2. The molecule has 0 aliphatic heterocycles. The fraction of sp³-hybridized carbons (Fsp3) is 0. The molecule has 0 heterocycles. The van der Waals surface area contributed by atoms with Gasteiger partial charge in [0.25, 0.3) is 0 Å². The summed E-state index contributed by atoms with van der Waals surface area (Å²) in [5, 5.41) is 10.3. The van der Waals surface area contributed by atoms with E-state index in [1.807, 2.05) is 0 Å². The highest BCUT2D eigenvalue weighted by molar-refractivity contribution is 6.32. The van der Waals surface area contributed by atoms with E-state index in [1.54, 1.807) is 42.5 Å². The van der Waals surface area contributed by atoms with Crippen molar-refractivity contribution >= 4 is 46.5 Å². The third kappa shape index (κ3) is 3.32. The van der Waals surface area contributed by atoms with Gasteiger partial charge in [-0.3, -0.25) is 0 Å². The van der Waals surface area contributed by atoms with Gasteiger partial charge < -0.3 is 10.8 Å². The monoisotopic (exact) mass is 307 g/mol. The van der Waals surface area contributed by atoms with Crippen molar-refractivity contribution in [1.82, 2.24) is 0 Å². The molecule has 0 radical (unpaired) electrons. The highest BCUT2D eigenvalue weighted by Crippen LogP contribution is 2.25. The molecule has 2 aromatic rings. The normalized spacial score (nSPS) is 11.4. The summed E-state index contributed by atoms with van der Waals surface area (Å²) in [7, 11) is 0. The predicted molar refractivity (Wildman–Crippen MR) is 82.8 cm³/mol. The average Bonchev–Trinajstić information content (AvgIpc) is 2.39. The maximum Gasteiger partial charge on any atom is 0.336 e. The SMILES string of the molecule is Nc1ccc(Cl)cc1/C=C(\C(=O)O)c1cccc(Cl)c1. The van der Waals surface area contributed by atoms with E-state index >= 15 is 0 Å². The Morgan fingerprint density at radius 3 is 2.45 bits per heavy atom. The lowest BCUT2D eigenvalue weighted by Crippen LogP contribution is -2.00. The van der Waals surface area contributed by atoms with Crippen molar-refractivity contribution in [2.75, 3.05) is 5.73 Å². The second-order valence-corrected chi connectivity index (χ2v) is 5.02. The van der Waals surface area contributed by atoms with Crippen LogP contribution in [0.1, 0.15) is 11.1 Å². The quantitative estimate of drug-likeness (QED) is 0.507. The van der Waals surface area contributed by atoms with E-state index in [0.717, 1.165) is 0 Å². The number of carboxylic acids is 1. The third-order valence-corrected chi connectivity index (χ3v) is 3.18. The summed E-state index contributed by atoms with van der Waals surface area (Å²) in [5.74, 6) is -1.06. The number of anilines is 1. The van der Waals surface area contributed by atoms with E-state index in [0.29, 0.717) is 26.9 Å². The van der Waals surface area contributed by atoms with E-state index in [9.17, 15) is 9.90 Å². The lowest BCUT2D eigenvalue weighted by atomic mass is 10.0. The van der Waals surface area contributed by atoms with Crippen LogP contribution in [0.3, 0.4) is 0 Å². The van der Waals surface area contributed by atoms with E-state index in [4.69, 9.17) is 28.9 Å². The number of carboxylic acid groups (broad SMARTS) is 1. The van der Waals surface area contributed by atoms with Crippen LogP contribution in [0.25, 0.3) is 11.6 Å². The van der Waals surface area contributed by atoms with Gasteiger partial charge in [0.2, 0.25) is 0 Å². The standard InChI is InChI=1S/C15H11Cl2NO2/c16-11-3-1-2-9(6-11)13(15(19)20)8-10-7-12(17)4-5-14(10)18/h1-8H,18H2,(H,19,20)/b13-8-. The smallest absolute Gasteiger partial charge is 0.336 e. The zero-order chi connectivity index (χ0) is 14.7. The van der Waals surface area contributed by atoms with E-state index in [-0.39, 0.29) is 5.57 Å². The highest BCUT2D eigenvalue weighted by atomic mass is 35.5. The van der Waals surface area contributed by atoms with Crippen molar-refractivity contribution in [3.05, 3.63) is 63.6 Å². The molecule has 0 saturated carbocycles. The molecule has 102 valence electrons. The van der Waals surface area contributed by atoms with Gasteiger partial charge in [-0.25, -0.2) is 4.79 Å². The minimum atomic E-state index is -1.06. The summed E-state index contributed by atoms with van der Waals surface area (Å²) in [6, 6.07) is 11.5. The number of nitrogen functional groups attached to an aromatic ring is 1. The predicted octanol–water partition coefficient (Wildman–Crippen LogP) is 4.20. The second-order valence-electron chi connectivity index (χ2n) is 4.15. The molecule has 0 amide bonds. The molecule has 3 N–H and O–H groups in total. The average molecular weight is 308 g/mol. The van der Waals surface area contributed by atoms with Gasteiger partial charge >= 0.3 is 5.97 Å². The molecule has 0 aliphatic carbocycles. The van der Waals surface area contributed by atoms with Crippen LogP contribution in [0, 0.1) is 0 Å². The van der Waals surface area contributed by atoms with Gasteiger partial charge in [0.05, 0.1) is 5.57 Å². The Morgan fingerprint density at radius 1 is 1.10 bits per heavy atom. The fourth-order valence-electron chi connectivity index (χ4n) is 1.75. The van der Waals surface area contributed by atoms with Gasteiger partial charge in [-0.15, -0.1) is 0 Å². The highest BCUT2D eigenvalue weighted by Gasteiger charge is 2.12. The minimum absolute atomic E-state index is 0.0986. The first-order chi connectivity index (χ1) is 9.47. The van der Waals surface area contributed by atoms with Gasteiger partial charge in [-0.1, -0.05) is 35.3 Å². The molecule has 2 rings (SSSR count). The molecule has 20 heavy (non-hydrogen) atoms. The van der Waals surface area contributed by atoms with Crippen LogP contribution in [0.5, 0.6) is 0 Å². The Labute approximate surface area is 126 Å². The fourth-order valence-corrected chi connectivity index (χ4v) is 2.12. The number of rotatable bonds is 3. The van der Waals surface area contributed by atoms with E-state index < -0.39 is 5.97 Å². The van der Waals surface area contributed by atoms with Crippen LogP contribution in [0.2, 0.25) is 10.0 Å². The Hall–Kier alpha value is -1.97. The van der Waals surface area contributed by atoms with Gasteiger partial charge in [-0.2, -0.15) is 0 Å². The topological polar surface area (TPSA) is 63.3 Å². The molecule has 0 aromatic heterocycles. The molecule has 0 saturated heterocycles. The lowest BCUT2D eigenvalue weighted by Gasteiger charge is -2.06. The van der Waals surface area contributed by atoms with Gasteiger partial charge in [0.15, 0.2) is 0 Å². The lowest BCUT2D eigenvalue weighted by molar-refractivity contribution is -0.130.